The number of anilines is 1. The molecule has 160 valence electrons. The Balaban J connectivity index is 1.62. The number of rotatable bonds is 5. The van der Waals surface area contributed by atoms with Crippen LogP contribution in [0.4, 0.5) is 5.95 Å². The summed E-state index contributed by atoms with van der Waals surface area (Å²) in [6.07, 6.45) is 2.85. The number of nitrogens with one attached hydrogen (secondary N) is 2. The number of aromatic nitrogens is 2. The smallest absolute Gasteiger partial charge is 0.257 e. The number of benzene rings is 2. The van der Waals surface area contributed by atoms with E-state index in [1.807, 2.05) is 18.2 Å². The fourth-order valence-corrected chi connectivity index (χ4v) is 3.53. The van der Waals surface area contributed by atoms with Gasteiger partial charge in [0, 0.05) is 30.8 Å². The van der Waals surface area contributed by atoms with Crippen LogP contribution < -0.4 is 10.1 Å². The topological polar surface area (TPSA) is 96.6 Å². The molecule has 0 aliphatic carbocycles. The van der Waals surface area contributed by atoms with Crippen LogP contribution in [0.5, 0.6) is 5.75 Å². The maximum absolute atomic E-state index is 12.7. The number of nitrogens with zero attached hydrogens (tertiary/aromatic N) is 2. The average Bonchev–Trinajstić information content (AvgIpc) is 3.22. The van der Waals surface area contributed by atoms with E-state index in [9.17, 15) is 9.59 Å². The Bertz CT molecular complexity index is 1160. The van der Waals surface area contributed by atoms with Gasteiger partial charge in [-0.15, -0.1) is 0 Å². The SMILES string of the molecule is COc1ccc(C2=CCOCC2)c2nc(NC(=O)c3ccc(C(=O)N(C)C)cc3)[nH]c12. The van der Waals surface area contributed by atoms with Gasteiger partial charge in [0.25, 0.3) is 11.8 Å². The lowest BCUT2D eigenvalue weighted by molar-refractivity contribution is 0.0827. The molecule has 3 aromatic rings. The van der Waals surface area contributed by atoms with Gasteiger partial charge < -0.3 is 19.4 Å². The van der Waals surface area contributed by atoms with Crippen molar-refractivity contribution < 1.29 is 19.1 Å². The molecule has 0 unspecified atom stereocenters. The molecule has 0 fully saturated rings. The van der Waals surface area contributed by atoms with Crippen LogP contribution in [0.3, 0.4) is 0 Å². The minimum Gasteiger partial charge on any atom is -0.494 e. The molecular weight excluding hydrogens is 396 g/mol. The Hall–Kier alpha value is -3.65. The van der Waals surface area contributed by atoms with E-state index < -0.39 is 0 Å². The van der Waals surface area contributed by atoms with Gasteiger partial charge in [0.05, 0.1) is 20.3 Å². The molecule has 0 spiro atoms. The van der Waals surface area contributed by atoms with E-state index in [4.69, 9.17) is 9.47 Å². The fraction of sp³-hybridized carbons (Fsp3) is 0.261. The van der Waals surface area contributed by atoms with Crippen molar-refractivity contribution in [3.63, 3.8) is 0 Å². The molecule has 1 aromatic heterocycles. The summed E-state index contributed by atoms with van der Waals surface area (Å²) in [7, 11) is 4.96. The van der Waals surface area contributed by atoms with E-state index in [2.05, 4.69) is 15.3 Å². The Labute approximate surface area is 179 Å². The fourth-order valence-electron chi connectivity index (χ4n) is 3.53. The van der Waals surface area contributed by atoms with Crippen LogP contribution in [0.2, 0.25) is 0 Å². The molecule has 4 rings (SSSR count). The van der Waals surface area contributed by atoms with Crippen LogP contribution in [0.15, 0.2) is 42.5 Å². The highest BCUT2D eigenvalue weighted by atomic mass is 16.5. The quantitative estimate of drug-likeness (QED) is 0.660. The van der Waals surface area contributed by atoms with Gasteiger partial charge in [-0.3, -0.25) is 14.9 Å². The largest absolute Gasteiger partial charge is 0.494 e. The van der Waals surface area contributed by atoms with Crippen molar-refractivity contribution >= 4 is 34.4 Å². The first-order valence-corrected chi connectivity index (χ1v) is 9.95. The highest BCUT2D eigenvalue weighted by Crippen LogP contribution is 2.33. The Kier molecular flexibility index (Phi) is 5.73. The third-order valence-electron chi connectivity index (χ3n) is 5.17. The van der Waals surface area contributed by atoms with E-state index in [1.54, 1.807) is 45.5 Å². The van der Waals surface area contributed by atoms with Crippen molar-refractivity contribution in [3.05, 3.63) is 59.2 Å². The molecule has 8 heteroatoms. The highest BCUT2D eigenvalue weighted by Gasteiger charge is 2.18. The molecule has 2 aromatic carbocycles. The van der Waals surface area contributed by atoms with Gasteiger partial charge in [-0.05, 0) is 48.4 Å². The lowest BCUT2D eigenvalue weighted by Crippen LogP contribution is -2.21. The summed E-state index contributed by atoms with van der Waals surface area (Å²) in [6, 6.07) is 10.4. The van der Waals surface area contributed by atoms with Crippen molar-refractivity contribution in [3.8, 4) is 5.75 Å². The van der Waals surface area contributed by atoms with E-state index in [0.717, 1.165) is 28.6 Å². The summed E-state index contributed by atoms with van der Waals surface area (Å²) in [5, 5.41) is 2.80. The predicted molar refractivity (Wildman–Crippen MR) is 118 cm³/mol. The second-order valence-electron chi connectivity index (χ2n) is 7.41. The van der Waals surface area contributed by atoms with Crippen LogP contribution >= 0.6 is 0 Å². The van der Waals surface area contributed by atoms with Crippen molar-refractivity contribution in [1.29, 1.82) is 0 Å². The summed E-state index contributed by atoms with van der Waals surface area (Å²) in [4.78, 5) is 34.0. The molecule has 8 nitrogen and oxygen atoms in total. The third kappa shape index (κ3) is 4.15. The number of methoxy groups -OCH3 is 1. The van der Waals surface area contributed by atoms with Crippen molar-refractivity contribution in [2.45, 2.75) is 6.42 Å². The molecule has 2 amide bonds. The van der Waals surface area contributed by atoms with Gasteiger partial charge in [-0.1, -0.05) is 6.08 Å². The first-order chi connectivity index (χ1) is 15.0. The molecule has 1 aliphatic heterocycles. The maximum atomic E-state index is 12.7. The summed E-state index contributed by atoms with van der Waals surface area (Å²) in [6.45, 7) is 1.24. The summed E-state index contributed by atoms with van der Waals surface area (Å²) < 4.78 is 10.9. The number of hydrogen-bond donors (Lipinski definition) is 2. The van der Waals surface area contributed by atoms with E-state index in [1.165, 1.54) is 4.90 Å². The monoisotopic (exact) mass is 420 g/mol. The Morgan fingerprint density at radius 3 is 2.52 bits per heavy atom. The van der Waals surface area contributed by atoms with Crippen molar-refractivity contribution in [2.24, 2.45) is 0 Å². The molecular formula is C23H24N4O4. The number of fused-ring (bicyclic) bond motifs is 1. The van der Waals surface area contributed by atoms with Crippen molar-refractivity contribution in [1.82, 2.24) is 14.9 Å². The van der Waals surface area contributed by atoms with Gasteiger partial charge in [-0.25, -0.2) is 4.98 Å². The zero-order valence-corrected chi connectivity index (χ0v) is 17.7. The van der Waals surface area contributed by atoms with Crippen LogP contribution in [-0.4, -0.2) is 61.1 Å². The first-order valence-electron chi connectivity index (χ1n) is 9.95. The highest BCUT2D eigenvalue weighted by molar-refractivity contribution is 6.05. The molecule has 0 saturated carbocycles. The van der Waals surface area contributed by atoms with E-state index in [0.29, 0.717) is 36.0 Å². The Morgan fingerprint density at radius 1 is 1.13 bits per heavy atom. The number of carbonyl (C=O) groups is 2. The maximum Gasteiger partial charge on any atom is 0.257 e. The lowest BCUT2D eigenvalue weighted by atomic mass is 10.00. The van der Waals surface area contributed by atoms with Gasteiger partial charge >= 0.3 is 0 Å². The van der Waals surface area contributed by atoms with Crippen LogP contribution in [0.25, 0.3) is 16.6 Å². The van der Waals surface area contributed by atoms with Crippen molar-refractivity contribution in [2.75, 3.05) is 39.7 Å². The standard InChI is InChI=1S/C23H24N4O4/c1-27(2)22(29)16-6-4-15(5-7-16)21(28)26-23-24-19-17(14-10-12-31-13-11-14)8-9-18(30-3)20(19)25-23/h4-10H,11-13H2,1-3H3,(H2,24,25,26,28). The average molecular weight is 420 g/mol. The molecule has 0 radical (unpaired) electrons. The number of ether oxygens (including phenoxy) is 2. The molecule has 2 N–H and O–H groups in total. The summed E-state index contributed by atoms with van der Waals surface area (Å²) in [5.41, 5.74) is 4.54. The molecule has 2 heterocycles. The minimum atomic E-state index is -0.325. The second kappa shape index (κ2) is 8.61. The zero-order valence-electron chi connectivity index (χ0n) is 17.7. The Morgan fingerprint density at radius 2 is 1.87 bits per heavy atom. The van der Waals surface area contributed by atoms with Gasteiger partial charge in [0.15, 0.2) is 0 Å². The number of imidazole rings is 1. The van der Waals surface area contributed by atoms with E-state index in [-0.39, 0.29) is 11.8 Å². The van der Waals surface area contributed by atoms with Crippen LogP contribution in [-0.2, 0) is 4.74 Å². The van der Waals surface area contributed by atoms with Gasteiger partial charge in [0.1, 0.15) is 16.8 Å². The third-order valence-corrected chi connectivity index (χ3v) is 5.17. The molecule has 0 bridgehead atoms. The lowest BCUT2D eigenvalue weighted by Gasteiger charge is -2.14. The predicted octanol–water partition coefficient (Wildman–Crippen LogP) is 3.33. The number of H-pyrrole nitrogens is 1. The molecule has 0 saturated heterocycles. The van der Waals surface area contributed by atoms with Gasteiger partial charge in [-0.2, -0.15) is 0 Å². The number of amides is 2. The first kappa shape index (κ1) is 20.6. The number of carbonyl (C=O) groups excluding carboxylic acids is 2. The van der Waals surface area contributed by atoms with E-state index >= 15 is 0 Å². The summed E-state index contributed by atoms with van der Waals surface area (Å²) >= 11 is 0. The second-order valence-corrected chi connectivity index (χ2v) is 7.41. The normalized spacial score (nSPS) is 13.6. The minimum absolute atomic E-state index is 0.119. The summed E-state index contributed by atoms with van der Waals surface area (Å²) in [5.74, 6) is 0.526. The number of aromatic amines is 1. The zero-order chi connectivity index (χ0) is 22.0. The number of hydrogen-bond acceptors (Lipinski definition) is 5. The van der Waals surface area contributed by atoms with Crippen LogP contribution in [0, 0.1) is 0 Å². The molecule has 31 heavy (non-hydrogen) atoms. The van der Waals surface area contributed by atoms with Gasteiger partial charge in [0.2, 0.25) is 5.95 Å². The van der Waals surface area contributed by atoms with Crippen LogP contribution in [0.1, 0.15) is 32.7 Å². The molecule has 0 atom stereocenters. The molecule has 1 aliphatic rings.